The van der Waals surface area contributed by atoms with Gasteiger partial charge in [-0.1, -0.05) is 0 Å². The van der Waals surface area contributed by atoms with Gasteiger partial charge in [-0.15, -0.1) is 0 Å². The van der Waals surface area contributed by atoms with Gasteiger partial charge in [0, 0.05) is 19.2 Å². The molecule has 1 unspecified atom stereocenters. The first-order chi connectivity index (χ1) is 8.49. The number of hydrogen-bond acceptors (Lipinski definition) is 3. The van der Waals surface area contributed by atoms with E-state index in [1.165, 1.54) is 24.1 Å². The standard InChI is InChI=1S/C13H15FN2O2/c1-9(7-15)8-16(2)13(17)10-4-5-12(18-3)11(14)6-10/h4-6,9H,8H2,1-3H3. The molecule has 1 aromatic rings. The lowest BCUT2D eigenvalue weighted by atomic mass is 10.1. The van der Waals surface area contributed by atoms with Crippen molar-refractivity contribution >= 4 is 5.91 Å². The van der Waals surface area contributed by atoms with Crippen LogP contribution in [-0.4, -0.2) is 31.5 Å². The van der Waals surface area contributed by atoms with Crippen molar-refractivity contribution in [3.63, 3.8) is 0 Å². The first-order valence-electron chi connectivity index (χ1n) is 5.48. The van der Waals surface area contributed by atoms with Gasteiger partial charge in [0.15, 0.2) is 11.6 Å². The van der Waals surface area contributed by atoms with Crippen molar-refractivity contribution in [3.05, 3.63) is 29.6 Å². The van der Waals surface area contributed by atoms with Crippen LogP contribution in [0.3, 0.4) is 0 Å². The smallest absolute Gasteiger partial charge is 0.253 e. The molecular formula is C13H15FN2O2. The number of rotatable bonds is 4. The van der Waals surface area contributed by atoms with E-state index in [9.17, 15) is 9.18 Å². The van der Waals surface area contributed by atoms with Gasteiger partial charge in [0.05, 0.1) is 19.1 Å². The van der Waals surface area contributed by atoms with Gasteiger partial charge in [0.2, 0.25) is 0 Å². The Kier molecular flexibility index (Phi) is 4.67. The fourth-order valence-electron chi connectivity index (χ4n) is 1.55. The number of carbonyl (C=O) groups is 1. The van der Waals surface area contributed by atoms with Gasteiger partial charge in [0.1, 0.15) is 0 Å². The van der Waals surface area contributed by atoms with E-state index >= 15 is 0 Å². The Morgan fingerprint density at radius 1 is 1.61 bits per heavy atom. The van der Waals surface area contributed by atoms with Crippen molar-refractivity contribution in [2.24, 2.45) is 5.92 Å². The largest absolute Gasteiger partial charge is 0.494 e. The summed E-state index contributed by atoms with van der Waals surface area (Å²) < 4.78 is 18.2. The predicted octanol–water partition coefficient (Wildman–Crippen LogP) is 2.07. The summed E-state index contributed by atoms with van der Waals surface area (Å²) in [5.74, 6) is -1.06. The van der Waals surface area contributed by atoms with Gasteiger partial charge in [-0.2, -0.15) is 5.26 Å². The van der Waals surface area contributed by atoms with Crippen molar-refractivity contribution in [1.82, 2.24) is 4.90 Å². The molecule has 1 atom stereocenters. The zero-order valence-electron chi connectivity index (χ0n) is 10.6. The number of nitrogens with zero attached hydrogens (tertiary/aromatic N) is 2. The molecule has 0 saturated carbocycles. The summed E-state index contributed by atoms with van der Waals surface area (Å²) in [4.78, 5) is 13.4. The van der Waals surface area contributed by atoms with Crippen LogP contribution < -0.4 is 4.74 Å². The molecule has 0 heterocycles. The molecule has 96 valence electrons. The summed E-state index contributed by atoms with van der Waals surface area (Å²) in [6, 6.07) is 6.08. The number of carbonyl (C=O) groups excluding carboxylic acids is 1. The highest BCUT2D eigenvalue weighted by Crippen LogP contribution is 2.18. The number of benzene rings is 1. The second-order valence-corrected chi connectivity index (χ2v) is 4.07. The summed E-state index contributed by atoms with van der Waals surface area (Å²) in [5.41, 5.74) is 0.237. The SMILES string of the molecule is COc1ccc(C(=O)N(C)CC(C)C#N)cc1F. The van der Waals surface area contributed by atoms with E-state index in [2.05, 4.69) is 0 Å². The number of methoxy groups -OCH3 is 1. The van der Waals surface area contributed by atoms with Crippen molar-refractivity contribution < 1.29 is 13.9 Å². The molecule has 1 amide bonds. The molecule has 0 aliphatic rings. The maximum atomic E-state index is 13.5. The predicted molar refractivity (Wildman–Crippen MR) is 64.7 cm³/mol. The third kappa shape index (κ3) is 3.20. The Hall–Kier alpha value is -2.09. The van der Waals surface area contributed by atoms with Crippen LogP contribution in [0.4, 0.5) is 4.39 Å². The molecule has 4 nitrogen and oxygen atoms in total. The molecule has 18 heavy (non-hydrogen) atoms. The van der Waals surface area contributed by atoms with Crippen LogP contribution in [0.1, 0.15) is 17.3 Å². The zero-order valence-corrected chi connectivity index (χ0v) is 10.6. The Morgan fingerprint density at radius 3 is 2.78 bits per heavy atom. The third-order valence-electron chi connectivity index (χ3n) is 2.51. The van der Waals surface area contributed by atoms with Gasteiger partial charge in [-0.05, 0) is 25.1 Å². The lowest BCUT2D eigenvalue weighted by molar-refractivity contribution is 0.0784. The van der Waals surface area contributed by atoms with Crippen LogP contribution in [0.15, 0.2) is 18.2 Å². The summed E-state index contributed by atoms with van der Waals surface area (Å²) in [6.07, 6.45) is 0. The molecule has 0 aliphatic carbocycles. The summed E-state index contributed by atoms with van der Waals surface area (Å²) in [5, 5.41) is 8.68. The van der Waals surface area contributed by atoms with Crippen LogP contribution in [-0.2, 0) is 0 Å². The summed E-state index contributed by atoms with van der Waals surface area (Å²) in [7, 11) is 2.94. The minimum Gasteiger partial charge on any atom is -0.494 e. The second-order valence-electron chi connectivity index (χ2n) is 4.07. The Bertz CT molecular complexity index is 482. The minimum absolute atomic E-state index is 0.0968. The number of halogens is 1. The molecule has 0 radical (unpaired) electrons. The molecule has 0 bridgehead atoms. The minimum atomic E-state index is -0.579. The van der Waals surface area contributed by atoms with E-state index in [1.54, 1.807) is 14.0 Å². The average molecular weight is 250 g/mol. The monoisotopic (exact) mass is 250 g/mol. The maximum absolute atomic E-state index is 13.5. The normalized spacial score (nSPS) is 11.5. The lowest BCUT2D eigenvalue weighted by Crippen LogP contribution is -2.30. The van der Waals surface area contributed by atoms with E-state index < -0.39 is 5.82 Å². The molecule has 5 heteroatoms. The van der Waals surface area contributed by atoms with Gasteiger partial charge < -0.3 is 9.64 Å². The number of amides is 1. The topological polar surface area (TPSA) is 53.3 Å². The molecule has 0 fully saturated rings. The summed E-state index contributed by atoms with van der Waals surface area (Å²) in [6.45, 7) is 2.03. The highest BCUT2D eigenvalue weighted by Gasteiger charge is 2.16. The molecule has 0 spiro atoms. The van der Waals surface area contributed by atoms with Crippen LogP contribution >= 0.6 is 0 Å². The van der Waals surface area contributed by atoms with E-state index in [0.29, 0.717) is 6.54 Å². The number of hydrogen-bond donors (Lipinski definition) is 0. The Balaban J connectivity index is 2.84. The van der Waals surface area contributed by atoms with Crippen LogP contribution in [0, 0.1) is 23.1 Å². The quantitative estimate of drug-likeness (QED) is 0.822. The first-order valence-corrected chi connectivity index (χ1v) is 5.48. The van der Waals surface area contributed by atoms with E-state index in [4.69, 9.17) is 10.00 Å². The fourth-order valence-corrected chi connectivity index (χ4v) is 1.55. The van der Waals surface area contributed by atoms with E-state index in [1.807, 2.05) is 6.07 Å². The number of nitriles is 1. The molecule has 0 aliphatic heterocycles. The molecule has 0 saturated heterocycles. The molecule has 0 N–H and O–H groups in total. The van der Waals surface area contributed by atoms with Gasteiger partial charge in [-0.3, -0.25) is 4.79 Å². The molecule has 1 aromatic carbocycles. The average Bonchev–Trinajstić information content (AvgIpc) is 2.37. The van der Waals surface area contributed by atoms with Gasteiger partial charge in [-0.25, -0.2) is 4.39 Å². The molecular weight excluding hydrogens is 235 g/mol. The Labute approximate surface area is 106 Å². The number of ether oxygens (including phenoxy) is 1. The first kappa shape index (κ1) is 14.0. The van der Waals surface area contributed by atoms with Crippen molar-refractivity contribution in [3.8, 4) is 11.8 Å². The highest BCUT2D eigenvalue weighted by atomic mass is 19.1. The van der Waals surface area contributed by atoms with Crippen LogP contribution in [0.5, 0.6) is 5.75 Å². The van der Waals surface area contributed by atoms with E-state index in [0.717, 1.165) is 6.07 Å². The highest BCUT2D eigenvalue weighted by molar-refractivity contribution is 5.94. The van der Waals surface area contributed by atoms with Gasteiger partial charge >= 0.3 is 0 Å². The van der Waals surface area contributed by atoms with E-state index in [-0.39, 0.29) is 23.1 Å². The summed E-state index contributed by atoms with van der Waals surface area (Å²) >= 11 is 0. The molecule has 1 rings (SSSR count). The lowest BCUT2D eigenvalue weighted by Gasteiger charge is -2.18. The van der Waals surface area contributed by atoms with Crippen LogP contribution in [0.25, 0.3) is 0 Å². The Morgan fingerprint density at radius 2 is 2.28 bits per heavy atom. The van der Waals surface area contributed by atoms with Gasteiger partial charge in [0.25, 0.3) is 5.91 Å². The molecule has 0 aromatic heterocycles. The third-order valence-corrected chi connectivity index (χ3v) is 2.51. The van der Waals surface area contributed by atoms with Crippen molar-refractivity contribution in [2.45, 2.75) is 6.92 Å². The zero-order chi connectivity index (χ0) is 13.7. The second kappa shape index (κ2) is 6.01. The van der Waals surface area contributed by atoms with Crippen molar-refractivity contribution in [1.29, 1.82) is 5.26 Å². The maximum Gasteiger partial charge on any atom is 0.253 e. The van der Waals surface area contributed by atoms with Crippen molar-refractivity contribution in [2.75, 3.05) is 20.7 Å². The van der Waals surface area contributed by atoms with Crippen LogP contribution in [0.2, 0.25) is 0 Å². The fraction of sp³-hybridized carbons (Fsp3) is 0.385.